The number of rotatable bonds is 14. The van der Waals surface area contributed by atoms with Gasteiger partial charge >= 0.3 is 5.97 Å². The Kier molecular flexibility index (Phi) is 14.0. The first kappa shape index (κ1) is 24.6. The first-order valence-corrected chi connectivity index (χ1v) is 12.1. The fraction of sp³-hybridized carbons (Fsp3) is 0.870. The highest BCUT2D eigenvalue weighted by Crippen LogP contribution is 2.37. The van der Waals surface area contributed by atoms with E-state index in [1.807, 2.05) is 11.8 Å². The lowest BCUT2D eigenvalue weighted by Crippen LogP contribution is -2.22. The molecule has 3 nitrogen and oxygen atoms in total. The molecule has 2 atom stereocenters. The zero-order valence-corrected chi connectivity index (χ0v) is 18.7. The van der Waals surface area contributed by atoms with E-state index >= 15 is 0 Å². The van der Waals surface area contributed by atoms with Gasteiger partial charge < -0.3 is 9.84 Å². The fourth-order valence-electron chi connectivity index (χ4n) is 3.64. The molecule has 1 fully saturated rings. The fourth-order valence-corrected chi connectivity index (χ4v) is 5.01. The standard InChI is InChI=1S/C23H42O3S/c1-19(2)21-13-12-20(3)22(18-21)27-17-14-23(25)26-16-11-9-7-5-4-6-8-10-15-24/h20,22,24H,4-18H2,1-3H3. The molecular weight excluding hydrogens is 356 g/mol. The topological polar surface area (TPSA) is 46.5 Å². The van der Waals surface area contributed by atoms with E-state index in [1.165, 1.54) is 50.5 Å². The molecule has 0 amide bonds. The zero-order valence-electron chi connectivity index (χ0n) is 17.9. The predicted octanol–water partition coefficient (Wildman–Crippen LogP) is 6.29. The summed E-state index contributed by atoms with van der Waals surface area (Å²) in [5, 5.41) is 9.39. The maximum absolute atomic E-state index is 11.9. The molecule has 1 N–H and O–H groups in total. The Labute approximate surface area is 171 Å². The summed E-state index contributed by atoms with van der Waals surface area (Å²) in [6.07, 6.45) is 13.4. The maximum atomic E-state index is 11.9. The van der Waals surface area contributed by atoms with Crippen molar-refractivity contribution >= 4 is 17.7 Å². The molecule has 0 aromatic carbocycles. The van der Waals surface area contributed by atoms with Crippen LogP contribution in [0.2, 0.25) is 0 Å². The minimum Gasteiger partial charge on any atom is -0.466 e. The van der Waals surface area contributed by atoms with Crippen molar-refractivity contribution in [2.75, 3.05) is 19.0 Å². The number of allylic oxidation sites excluding steroid dienone is 2. The summed E-state index contributed by atoms with van der Waals surface area (Å²) < 4.78 is 5.39. The van der Waals surface area contributed by atoms with Crippen molar-refractivity contribution < 1.29 is 14.6 Å². The summed E-state index contributed by atoms with van der Waals surface area (Å²) >= 11 is 1.96. The average Bonchev–Trinajstić information content (AvgIpc) is 2.64. The first-order chi connectivity index (χ1) is 13.0. The van der Waals surface area contributed by atoms with Crippen LogP contribution in [0.15, 0.2) is 11.1 Å². The number of carbonyl (C=O) groups is 1. The molecule has 0 heterocycles. The molecule has 4 heteroatoms. The van der Waals surface area contributed by atoms with E-state index < -0.39 is 0 Å². The zero-order chi connectivity index (χ0) is 19.9. The van der Waals surface area contributed by atoms with Crippen LogP contribution >= 0.6 is 11.8 Å². The van der Waals surface area contributed by atoms with Gasteiger partial charge in [0.1, 0.15) is 0 Å². The normalized spacial score (nSPS) is 19.9. The lowest BCUT2D eigenvalue weighted by Gasteiger charge is -2.31. The lowest BCUT2D eigenvalue weighted by molar-refractivity contribution is -0.143. The molecule has 0 bridgehead atoms. The number of aliphatic hydroxyl groups is 1. The van der Waals surface area contributed by atoms with Gasteiger partial charge in [0.25, 0.3) is 0 Å². The summed E-state index contributed by atoms with van der Waals surface area (Å²) in [5.41, 5.74) is 3.11. The third-order valence-electron chi connectivity index (χ3n) is 5.64. The van der Waals surface area contributed by atoms with Crippen LogP contribution in [0, 0.1) is 5.92 Å². The van der Waals surface area contributed by atoms with Gasteiger partial charge in [-0.25, -0.2) is 0 Å². The van der Waals surface area contributed by atoms with Crippen molar-refractivity contribution in [3.8, 4) is 0 Å². The molecule has 0 aromatic rings. The Balaban J connectivity index is 1.99. The van der Waals surface area contributed by atoms with Crippen molar-refractivity contribution in [2.45, 2.75) is 103 Å². The lowest BCUT2D eigenvalue weighted by atomic mass is 9.85. The van der Waals surface area contributed by atoms with E-state index in [0.717, 1.165) is 37.4 Å². The van der Waals surface area contributed by atoms with E-state index in [0.29, 0.717) is 24.9 Å². The molecule has 158 valence electrons. The summed E-state index contributed by atoms with van der Waals surface area (Å²) in [5.74, 6) is 1.60. The van der Waals surface area contributed by atoms with Crippen LogP contribution < -0.4 is 0 Å². The highest BCUT2D eigenvalue weighted by Gasteiger charge is 2.25. The van der Waals surface area contributed by atoms with Crippen molar-refractivity contribution in [3.05, 3.63) is 11.1 Å². The SMILES string of the molecule is CC(C)=C1CCC(C)C(SCCC(=O)OCCCCCCCCCCO)C1. The van der Waals surface area contributed by atoms with Gasteiger partial charge in [0, 0.05) is 17.6 Å². The number of carbonyl (C=O) groups excluding carboxylic acids is 1. The molecule has 1 saturated carbocycles. The smallest absolute Gasteiger partial charge is 0.306 e. The molecule has 1 rings (SSSR count). The molecule has 0 saturated heterocycles. The summed E-state index contributed by atoms with van der Waals surface area (Å²) in [4.78, 5) is 11.9. The number of aliphatic hydroxyl groups excluding tert-OH is 1. The third kappa shape index (κ3) is 11.8. The Morgan fingerprint density at radius 2 is 1.70 bits per heavy atom. The molecule has 1 aliphatic carbocycles. The van der Waals surface area contributed by atoms with Gasteiger partial charge in [-0.3, -0.25) is 4.79 Å². The van der Waals surface area contributed by atoms with E-state index in [2.05, 4.69) is 20.8 Å². The number of thioether (sulfide) groups is 1. The number of esters is 1. The van der Waals surface area contributed by atoms with Crippen molar-refractivity contribution in [1.82, 2.24) is 0 Å². The van der Waals surface area contributed by atoms with Crippen LogP contribution in [-0.2, 0) is 9.53 Å². The van der Waals surface area contributed by atoms with Crippen LogP contribution in [0.25, 0.3) is 0 Å². The number of hydrogen-bond acceptors (Lipinski definition) is 4. The molecule has 2 unspecified atom stereocenters. The molecule has 1 aliphatic rings. The van der Waals surface area contributed by atoms with Gasteiger partial charge in [0.15, 0.2) is 0 Å². The Morgan fingerprint density at radius 1 is 1.07 bits per heavy atom. The van der Waals surface area contributed by atoms with Gasteiger partial charge in [-0.1, -0.05) is 56.6 Å². The molecule has 0 aromatic heterocycles. The van der Waals surface area contributed by atoms with Gasteiger partial charge in [-0.15, -0.1) is 0 Å². The van der Waals surface area contributed by atoms with Crippen LogP contribution in [-0.4, -0.2) is 35.3 Å². The summed E-state index contributed by atoms with van der Waals surface area (Å²) in [7, 11) is 0. The maximum Gasteiger partial charge on any atom is 0.306 e. The minimum atomic E-state index is -0.0302. The number of unbranched alkanes of at least 4 members (excludes halogenated alkanes) is 7. The monoisotopic (exact) mass is 398 g/mol. The van der Waals surface area contributed by atoms with Crippen molar-refractivity contribution in [3.63, 3.8) is 0 Å². The molecule has 27 heavy (non-hydrogen) atoms. The van der Waals surface area contributed by atoms with Crippen LogP contribution in [0.1, 0.15) is 97.8 Å². The number of ether oxygens (including phenoxy) is 1. The van der Waals surface area contributed by atoms with E-state index in [4.69, 9.17) is 9.84 Å². The van der Waals surface area contributed by atoms with Crippen LogP contribution in [0.4, 0.5) is 0 Å². The van der Waals surface area contributed by atoms with Crippen LogP contribution in [0.3, 0.4) is 0 Å². The van der Waals surface area contributed by atoms with Gasteiger partial charge in [-0.2, -0.15) is 11.8 Å². The van der Waals surface area contributed by atoms with E-state index in [-0.39, 0.29) is 5.97 Å². The average molecular weight is 399 g/mol. The van der Waals surface area contributed by atoms with E-state index in [9.17, 15) is 4.79 Å². The second-order valence-electron chi connectivity index (χ2n) is 8.26. The van der Waals surface area contributed by atoms with Gasteiger partial charge in [0.2, 0.25) is 0 Å². The summed E-state index contributed by atoms with van der Waals surface area (Å²) in [6.45, 7) is 7.70. The van der Waals surface area contributed by atoms with Crippen molar-refractivity contribution in [2.24, 2.45) is 5.92 Å². The highest BCUT2D eigenvalue weighted by molar-refractivity contribution is 7.99. The minimum absolute atomic E-state index is 0.0302. The van der Waals surface area contributed by atoms with Gasteiger partial charge in [0.05, 0.1) is 13.0 Å². The highest BCUT2D eigenvalue weighted by atomic mass is 32.2. The Hall–Kier alpha value is -0.480. The molecule has 0 aliphatic heterocycles. The van der Waals surface area contributed by atoms with Crippen molar-refractivity contribution in [1.29, 1.82) is 0 Å². The third-order valence-corrected chi connectivity index (χ3v) is 7.14. The quantitative estimate of drug-likeness (QED) is 0.212. The second-order valence-corrected chi connectivity index (χ2v) is 9.60. The molecular formula is C23H42O3S. The first-order valence-electron chi connectivity index (χ1n) is 11.1. The Morgan fingerprint density at radius 3 is 2.33 bits per heavy atom. The molecule has 0 radical (unpaired) electrons. The van der Waals surface area contributed by atoms with Crippen LogP contribution in [0.5, 0.6) is 0 Å². The predicted molar refractivity (Wildman–Crippen MR) is 117 cm³/mol. The Bertz CT molecular complexity index is 429. The van der Waals surface area contributed by atoms with Gasteiger partial charge in [-0.05, 0) is 51.9 Å². The number of hydrogen-bond donors (Lipinski definition) is 1. The molecule has 0 spiro atoms. The summed E-state index contributed by atoms with van der Waals surface area (Å²) in [6, 6.07) is 0. The van der Waals surface area contributed by atoms with E-state index in [1.54, 1.807) is 5.57 Å². The largest absolute Gasteiger partial charge is 0.466 e. The second kappa shape index (κ2) is 15.4.